The molecule has 2 N–H and O–H groups in total. The van der Waals surface area contributed by atoms with Gasteiger partial charge in [0.25, 0.3) is 0 Å². The van der Waals surface area contributed by atoms with Crippen LogP contribution in [0.4, 0.5) is 11.4 Å². The van der Waals surface area contributed by atoms with Gasteiger partial charge >= 0.3 is 0 Å². The highest BCUT2D eigenvalue weighted by Gasteiger charge is 2.19. The van der Waals surface area contributed by atoms with E-state index in [9.17, 15) is 14.4 Å². The minimum atomic E-state index is -0.263. The molecule has 0 aliphatic carbocycles. The number of benzene rings is 5. The molecule has 0 saturated carbocycles. The van der Waals surface area contributed by atoms with E-state index in [0.717, 1.165) is 11.3 Å². The van der Waals surface area contributed by atoms with Crippen LogP contribution in [0.15, 0.2) is 86.8 Å². The van der Waals surface area contributed by atoms with Crippen LogP contribution in [0.2, 0.25) is 0 Å². The van der Waals surface area contributed by atoms with Crippen LogP contribution in [0.25, 0.3) is 43.7 Å². The lowest BCUT2D eigenvalue weighted by atomic mass is 9.99. The SMILES string of the molecule is CC(=O)c1ccc2oc3cc(Nc4ccc(C)cc4)c4c(=O)c5ccccc5c(=O)c4c3[nH]c2c1. The fourth-order valence-electron chi connectivity index (χ4n) is 4.55. The fraction of sp³-hybridized carbons (Fsp3) is 0.0690. The van der Waals surface area contributed by atoms with Gasteiger partial charge in [0.15, 0.2) is 27.8 Å². The van der Waals surface area contributed by atoms with Crippen LogP contribution >= 0.6 is 0 Å². The molecule has 6 rings (SSSR count). The van der Waals surface area contributed by atoms with Crippen LogP contribution in [-0.4, -0.2) is 10.8 Å². The zero-order valence-electron chi connectivity index (χ0n) is 19.1. The van der Waals surface area contributed by atoms with Gasteiger partial charge in [-0.1, -0.05) is 42.0 Å². The number of carbonyl (C=O) groups is 1. The summed E-state index contributed by atoms with van der Waals surface area (Å²) in [6.07, 6.45) is 0. The second-order valence-corrected chi connectivity index (χ2v) is 8.74. The monoisotopic (exact) mass is 460 g/mol. The summed E-state index contributed by atoms with van der Waals surface area (Å²) < 4.78 is 6.17. The maximum atomic E-state index is 13.7. The van der Waals surface area contributed by atoms with E-state index in [2.05, 4.69) is 10.3 Å². The van der Waals surface area contributed by atoms with Crippen LogP contribution < -0.4 is 16.2 Å². The first kappa shape index (κ1) is 20.9. The second-order valence-electron chi connectivity index (χ2n) is 8.74. The summed E-state index contributed by atoms with van der Waals surface area (Å²) in [6, 6.07) is 21.4. The fourth-order valence-corrected chi connectivity index (χ4v) is 4.55. The number of nitrogens with one attached hydrogen (secondary N) is 2. The number of aromatic nitrogens is 1. The van der Waals surface area contributed by atoms with Crippen molar-refractivity contribution in [1.82, 2.24) is 4.98 Å². The maximum absolute atomic E-state index is 13.7. The Kier molecular flexibility index (Phi) is 4.57. The number of aromatic amines is 1. The number of H-pyrrole nitrogens is 1. The van der Waals surface area contributed by atoms with Crippen molar-refractivity contribution in [3.63, 3.8) is 0 Å². The molecule has 170 valence electrons. The zero-order chi connectivity index (χ0) is 24.3. The highest BCUT2D eigenvalue weighted by Crippen LogP contribution is 2.33. The second kappa shape index (κ2) is 7.67. The Morgan fingerprint density at radius 1 is 0.829 bits per heavy atom. The molecule has 6 heteroatoms. The van der Waals surface area contributed by atoms with Crippen molar-refractivity contribution in [1.29, 1.82) is 0 Å². The lowest BCUT2D eigenvalue weighted by molar-refractivity contribution is 0.101. The molecular weight excluding hydrogens is 440 g/mol. The molecule has 0 saturated heterocycles. The lowest BCUT2D eigenvalue weighted by Crippen LogP contribution is -2.15. The van der Waals surface area contributed by atoms with Gasteiger partial charge in [0.1, 0.15) is 0 Å². The molecule has 1 aromatic heterocycles. The average molecular weight is 460 g/mol. The van der Waals surface area contributed by atoms with E-state index in [1.807, 2.05) is 31.2 Å². The smallest absolute Gasteiger partial charge is 0.196 e. The molecule has 0 spiro atoms. The van der Waals surface area contributed by atoms with Gasteiger partial charge in [0.2, 0.25) is 0 Å². The predicted molar refractivity (Wildman–Crippen MR) is 140 cm³/mol. The topological polar surface area (TPSA) is 92.2 Å². The molecule has 0 amide bonds. The minimum Gasteiger partial charge on any atom is -0.453 e. The van der Waals surface area contributed by atoms with Gasteiger partial charge in [-0.25, -0.2) is 0 Å². The standard InChI is InChI=1S/C29H20N2O4/c1-15-7-10-18(11-8-15)30-22-14-24-27(31-21-13-17(16(2)32)9-12-23(21)35-24)26-25(22)28(33)19-5-3-4-6-20(19)29(26)34/h3-14,30-31H,1-2H3. The van der Waals surface area contributed by atoms with E-state index in [4.69, 9.17) is 4.42 Å². The molecule has 5 aromatic carbocycles. The molecule has 0 aliphatic rings. The third-order valence-electron chi connectivity index (χ3n) is 6.36. The number of rotatable bonds is 3. The largest absolute Gasteiger partial charge is 0.453 e. The molecule has 6 nitrogen and oxygen atoms in total. The van der Waals surface area contributed by atoms with Crippen LogP contribution in [0, 0.1) is 6.92 Å². The summed E-state index contributed by atoms with van der Waals surface area (Å²) >= 11 is 0. The molecule has 0 aliphatic heterocycles. The van der Waals surface area contributed by atoms with E-state index in [1.165, 1.54) is 6.92 Å². The predicted octanol–water partition coefficient (Wildman–Crippen LogP) is 6.20. The Bertz CT molecular complexity index is 1950. The number of fused-ring (bicyclic) bond motifs is 5. The van der Waals surface area contributed by atoms with Crippen molar-refractivity contribution < 1.29 is 9.21 Å². The van der Waals surface area contributed by atoms with E-state index in [0.29, 0.717) is 44.2 Å². The highest BCUT2D eigenvalue weighted by molar-refractivity contribution is 6.15. The van der Waals surface area contributed by atoms with Crippen LogP contribution in [0.1, 0.15) is 22.8 Å². The van der Waals surface area contributed by atoms with E-state index in [1.54, 1.807) is 48.5 Å². The summed E-state index contributed by atoms with van der Waals surface area (Å²) in [5.41, 5.74) is 4.31. The normalized spacial score (nSPS) is 11.5. The van der Waals surface area contributed by atoms with E-state index in [-0.39, 0.29) is 27.4 Å². The van der Waals surface area contributed by atoms with Gasteiger partial charge in [0.05, 0.1) is 27.5 Å². The first-order valence-electron chi connectivity index (χ1n) is 11.2. The van der Waals surface area contributed by atoms with Crippen molar-refractivity contribution in [3.05, 3.63) is 104 Å². The highest BCUT2D eigenvalue weighted by atomic mass is 16.3. The molecule has 1 heterocycles. The summed E-state index contributed by atoms with van der Waals surface area (Å²) in [5.74, 6) is -0.0831. The Balaban J connectivity index is 1.78. The molecule has 0 bridgehead atoms. The summed E-state index contributed by atoms with van der Waals surface area (Å²) in [7, 11) is 0. The zero-order valence-corrected chi connectivity index (χ0v) is 19.1. The van der Waals surface area contributed by atoms with Crippen molar-refractivity contribution in [2.45, 2.75) is 13.8 Å². The van der Waals surface area contributed by atoms with Gasteiger partial charge in [-0.05, 0) is 44.2 Å². The van der Waals surface area contributed by atoms with Crippen LogP contribution in [0.3, 0.4) is 0 Å². The number of anilines is 2. The summed E-state index contributed by atoms with van der Waals surface area (Å²) in [6.45, 7) is 3.49. The summed E-state index contributed by atoms with van der Waals surface area (Å²) in [5, 5.41) is 4.57. The number of hydrogen-bond donors (Lipinski definition) is 2. The number of Topliss-reactive ketones (excluding diaryl/α,β-unsaturated/α-hetero) is 1. The Morgan fingerprint density at radius 2 is 1.51 bits per heavy atom. The van der Waals surface area contributed by atoms with Crippen LogP contribution in [0.5, 0.6) is 0 Å². The van der Waals surface area contributed by atoms with Gasteiger partial charge in [0, 0.05) is 28.1 Å². The van der Waals surface area contributed by atoms with Crippen molar-refractivity contribution in [2.24, 2.45) is 0 Å². The molecule has 35 heavy (non-hydrogen) atoms. The van der Waals surface area contributed by atoms with Gasteiger partial charge in [-0.3, -0.25) is 14.4 Å². The third kappa shape index (κ3) is 3.30. The number of aryl methyl sites for hydroxylation is 1. The van der Waals surface area contributed by atoms with E-state index < -0.39 is 0 Å². The maximum Gasteiger partial charge on any atom is 0.196 e. The van der Waals surface area contributed by atoms with Crippen LogP contribution in [-0.2, 0) is 0 Å². The Labute approximate surface area is 198 Å². The lowest BCUT2D eigenvalue weighted by Gasteiger charge is -2.13. The van der Waals surface area contributed by atoms with Crippen molar-refractivity contribution >= 4 is 60.9 Å². The van der Waals surface area contributed by atoms with E-state index >= 15 is 0 Å². The first-order chi connectivity index (χ1) is 16.9. The quantitative estimate of drug-likeness (QED) is 0.186. The first-order valence-corrected chi connectivity index (χ1v) is 11.2. The van der Waals surface area contributed by atoms with Gasteiger partial charge < -0.3 is 14.7 Å². The molecule has 6 aromatic rings. The molecule has 0 unspecified atom stereocenters. The average Bonchev–Trinajstić information content (AvgIpc) is 2.86. The molecule has 0 atom stereocenters. The Hall–Kier alpha value is -4.71. The molecular formula is C29H20N2O4. The minimum absolute atomic E-state index is 0.0831. The van der Waals surface area contributed by atoms with Crippen molar-refractivity contribution in [3.8, 4) is 0 Å². The number of hydrogen-bond acceptors (Lipinski definition) is 5. The van der Waals surface area contributed by atoms with Crippen molar-refractivity contribution in [2.75, 3.05) is 5.32 Å². The Morgan fingerprint density at radius 3 is 2.20 bits per heavy atom. The number of carbonyl (C=O) groups excluding carboxylic acids is 1. The third-order valence-corrected chi connectivity index (χ3v) is 6.36. The van der Waals surface area contributed by atoms with Gasteiger partial charge in [-0.15, -0.1) is 0 Å². The summed E-state index contributed by atoms with van der Waals surface area (Å²) in [4.78, 5) is 42.6. The number of ketones is 1. The van der Waals surface area contributed by atoms with Gasteiger partial charge in [-0.2, -0.15) is 0 Å². The molecule has 0 radical (unpaired) electrons. The molecule has 0 fully saturated rings.